The predicted octanol–water partition coefficient (Wildman–Crippen LogP) is 3.26. The molecule has 0 aromatic heterocycles. The van der Waals surface area contributed by atoms with E-state index in [0.717, 1.165) is 36.5 Å². The average molecular weight is 388 g/mol. The summed E-state index contributed by atoms with van der Waals surface area (Å²) in [7, 11) is 0. The van der Waals surface area contributed by atoms with E-state index in [-0.39, 0.29) is 18.2 Å². The van der Waals surface area contributed by atoms with Crippen molar-refractivity contribution in [2.75, 3.05) is 6.61 Å². The number of imide groups is 2. The number of hydrogen-bond acceptors (Lipinski definition) is 4. The zero-order chi connectivity index (χ0) is 20.4. The van der Waals surface area contributed by atoms with E-state index in [4.69, 9.17) is 11.2 Å². The molecule has 4 rings (SSSR count). The first-order valence-electron chi connectivity index (χ1n) is 9.58. The standard InChI is InChI=1S/C23H20N2O4/c1-2-13-29-20-12-11-15-7-3-6-10-17(15)18(20)14-19-21(26)24-23(28)25(22(19)27)16-8-4-5-9-16/h1,3,6-7,10-12,14,16H,4-5,8-9,13H2,(H,24,26,28)/b19-14+. The fraction of sp³-hybridized carbons (Fsp3) is 0.261. The summed E-state index contributed by atoms with van der Waals surface area (Å²) in [6.07, 6.45) is 10.2. The molecule has 2 aromatic carbocycles. The number of barbiturate groups is 1. The molecule has 6 heteroatoms. The van der Waals surface area contributed by atoms with Crippen molar-refractivity contribution in [1.82, 2.24) is 10.2 Å². The van der Waals surface area contributed by atoms with Gasteiger partial charge in [0.1, 0.15) is 17.9 Å². The Balaban J connectivity index is 1.82. The molecule has 1 saturated heterocycles. The minimum atomic E-state index is -0.704. The van der Waals surface area contributed by atoms with E-state index in [1.807, 2.05) is 30.3 Å². The van der Waals surface area contributed by atoms with Crippen LogP contribution in [0.15, 0.2) is 42.0 Å². The molecule has 0 unspecified atom stereocenters. The van der Waals surface area contributed by atoms with Crippen LogP contribution in [0.1, 0.15) is 31.2 Å². The van der Waals surface area contributed by atoms with Gasteiger partial charge >= 0.3 is 6.03 Å². The number of benzene rings is 2. The molecule has 1 aliphatic heterocycles. The highest BCUT2D eigenvalue weighted by molar-refractivity contribution is 6.31. The minimum absolute atomic E-state index is 0.0569. The molecule has 0 radical (unpaired) electrons. The van der Waals surface area contributed by atoms with Gasteiger partial charge in [-0.15, -0.1) is 6.42 Å². The smallest absolute Gasteiger partial charge is 0.331 e. The topological polar surface area (TPSA) is 75.7 Å². The molecule has 2 aliphatic rings. The second-order valence-corrected chi connectivity index (χ2v) is 7.12. The number of carbonyl (C=O) groups is 3. The van der Waals surface area contributed by atoms with Gasteiger partial charge in [-0.2, -0.15) is 0 Å². The second-order valence-electron chi connectivity index (χ2n) is 7.12. The van der Waals surface area contributed by atoms with Crippen LogP contribution in [0, 0.1) is 12.3 Å². The molecule has 4 amide bonds. The summed E-state index contributed by atoms with van der Waals surface area (Å²) in [5, 5.41) is 4.05. The van der Waals surface area contributed by atoms with Crippen molar-refractivity contribution in [2.45, 2.75) is 31.7 Å². The predicted molar refractivity (Wildman–Crippen MR) is 109 cm³/mol. The maximum Gasteiger partial charge on any atom is 0.331 e. The number of terminal acetylenes is 1. The summed E-state index contributed by atoms with van der Waals surface area (Å²) < 4.78 is 5.65. The maximum atomic E-state index is 13.1. The number of ether oxygens (including phenoxy) is 1. The molecule has 0 bridgehead atoms. The van der Waals surface area contributed by atoms with Crippen LogP contribution in [-0.4, -0.2) is 35.4 Å². The van der Waals surface area contributed by atoms with E-state index in [2.05, 4.69) is 11.2 Å². The van der Waals surface area contributed by atoms with Gasteiger partial charge in [-0.3, -0.25) is 19.8 Å². The molecule has 2 fully saturated rings. The molecule has 29 heavy (non-hydrogen) atoms. The number of hydrogen-bond donors (Lipinski definition) is 1. The second kappa shape index (κ2) is 7.80. The number of urea groups is 1. The molecular weight excluding hydrogens is 368 g/mol. The number of amides is 4. The minimum Gasteiger partial charge on any atom is -0.480 e. The van der Waals surface area contributed by atoms with Crippen LogP contribution in [0.25, 0.3) is 16.8 Å². The van der Waals surface area contributed by atoms with Crippen molar-refractivity contribution in [1.29, 1.82) is 0 Å². The summed E-state index contributed by atoms with van der Waals surface area (Å²) >= 11 is 0. The highest BCUT2D eigenvalue weighted by Gasteiger charge is 2.40. The Kier molecular flexibility index (Phi) is 5.05. The third-order valence-corrected chi connectivity index (χ3v) is 5.35. The Morgan fingerprint density at radius 1 is 1.14 bits per heavy atom. The van der Waals surface area contributed by atoms with Crippen LogP contribution >= 0.6 is 0 Å². The van der Waals surface area contributed by atoms with E-state index in [9.17, 15) is 14.4 Å². The first kappa shape index (κ1) is 18.8. The average Bonchev–Trinajstić information content (AvgIpc) is 3.24. The van der Waals surface area contributed by atoms with Crippen LogP contribution in [0.3, 0.4) is 0 Å². The largest absolute Gasteiger partial charge is 0.480 e. The van der Waals surface area contributed by atoms with Gasteiger partial charge in [0.2, 0.25) is 0 Å². The van der Waals surface area contributed by atoms with E-state index >= 15 is 0 Å². The molecule has 1 N–H and O–H groups in total. The van der Waals surface area contributed by atoms with Gasteiger partial charge in [0, 0.05) is 11.6 Å². The Hall–Kier alpha value is -3.59. The quantitative estimate of drug-likeness (QED) is 0.496. The monoisotopic (exact) mass is 388 g/mol. The van der Waals surface area contributed by atoms with E-state index in [1.54, 1.807) is 6.07 Å². The zero-order valence-corrected chi connectivity index (χ0v) is 15.8. The van der Waals surface area contributed by atoms with Crippen molar-refractivity contribution in [3.63, 3.8) is 0 Å². The fourth-order valence-corrected chi connectivity index (χ4v) is 3.98. The van der Waals surface area contributed by atoms with Gasteiger partial charge in [-0.25, -0.2) is 4.79 Å². The molecule has 2 aromatic rings. The third-order valence-electron chi connectivity index (χ3n) is 5.35. The van der Waals surface area contributed by atoms with Gasteiger partial charge in [0.05, 0.1) is 0 Å². The van der Waals surface area contributed by atoms with Gasteiger partial charge in [0.15, 0.2) is 0 Å². The number of rotatable bonds is 4. The molecule has 1 aliphatic carbocycles. The molecule has 0 spiro atoms. The molecular formula is C23H20N2O4. The molecule has 0 atom stereocenters. The van der Waals surface area contributed by atoms with Crippen LogP contribution < -0.4 is 10.1 Å². The van der Waals surface area contributed by atoms with Crippen molar-refractivity contribution in [3.05, 3.63) is 47.5 Å². The maximum absolute atomic E-state index is 13.1. The van der Waals surface area contributed by atoms with E-state index in [1.165, 1.54) is 11.0 Å². The normalized spacial score (nSPS) is 18.9. The van der Waals surface area contributed by atoms with Gasteiger partial charge < -0.3 is 4.74 Å². The van der Waals surface area contributed by atoms with Crippen LogP contribution in [0.4, 0.5) is 4.79 Å². The van der Waals surface area contributed by atoms with Gasteiger partial charge in [-0.1, -0.05) is 49.1 Å². The lowest BCUT2D eigenvalue weighted by Gasteiger charge is -2.31. The SMILES string of the molecule is C#CCOc1ccc2ccccc2c1/C=C1\C(=O)NC(=O)N(C2CCCC2)C1=O. The summed E-state index contributed by atoms with van der Waals surface area (Å²) in [6.45, 7) is 0.0569. The molecule has 146 valence electrons. The van der Waals surface area contributed by atoms with E-state index < -0.39 is 17.8 Å². The van der Waals surface area contributed by atoms with Gasteiger partial charge in [-0.05, 0) is 35.8 Å². The summed E-state index contributed by atoms with van der Waals surface area (Å²) in [6, 6.07) is 10.4. The van der Waals surface area contributed by atoms with Crippen LogP contribution in [0.5, 0.6) is 5.75 Å². The summed E-state index contributed by atoms with van der Waals surface area (Å²) in [4.78, 5) is 39.1. The van der Waals surface area contributed by atoms with Crippen molar-refractivity contribution < 1.29 is 19.1 Å². The molecule has 1 heterocycles. The third kappa shape index (κ3) is 3.47. The van der Waals surface area contributed by atoms with Crippen LogP contribution in [-0.2, 0) is 9.59 Å². The Morgan fingerprint density at radius 2 is 1.90 bits per heavy atom. The summed E-state index contributed by atoms with van der Waals surface area (Å²) in [5.41, 5.74) is 0.496. The van der Waals surface area contributed by atoms with Crippen molar-refractivity contribution in [2.24, 2.45) is 0 Å². The van der Waals surface area contributed by atoms with Crippen molar-refractivity contribution >= 4 is 34.7 Å². The first-order chi connectivity index (χ1) is 14.1. The number of nitrogens with zero attached hydrogens (tertiary/aromatic N) is 1. The zero-order valence-electron chi connectivity index (χ0n) is 15.8. The number of nitrogens with one attached hydrogen (secondary N) is 1. The highest BCUT2D eigenvalue weighted by Crippen LogP contribution is 2.32. The van der Waals surface area contributed by atoms with E-state index in [0.29, 0.717) is 11.3 Å². The summed E-state index contributed by atoms with van der Waals surface area (Å²) in [5.74, 6) is 1.62. The van der Waals surface area contributed by atoms with Crippen LogP contribution in [0.2, 0.25) is 0 Å². The fourth-order valence-electron chi connectivity index (χ4n) is 3.98. The number of carbonyl (C=O) groups excluding carboxylic acids is 3. The molecule has 1 saturated carbocycles. The Labute approximate surface area is 168 Å². The number of fused-ring (bicyclic) bond motifs is 1. The Morgan fingerprint density at radius 3 is 2.66 bits per heavy atom. The lowest BCUT2D eigenvalue weighted by molar-refractivity contribution is -0.131. The lowest BCUT2D eigenvalue weighted by Crippen LogP contribution is -2.57. The molecule has 6 nitrogen and oxygen atoms in total. The Bertz CT molecular complexity index is 1070. The van der Waals surface area contributed by atoms with Crippen molar-refractivity contribution in [3.8, 4) is 18.1 Å². The highest BCUT2D eigenvalue weighted by atomic mass is 16.5. The van der Waals surface area contributed by atoms with Gasteiger partial charge in [0.25, 0.3) is 11.8 Å². The first-order valence-corrected chi connectivity index (χ1v) is 9.58. The lowest BCUT2D eigenvalue weighted by atomic mass is 9.99.